The average molecular weight is 288 g/mol. The van der Waals surface area contributed by atoms with E-state index in [1.807, 2.05) is 11.3 Å². The molecule has 1 unspecified atom stereocenters. The molecule has 0 amide bonds. The van der Waals surface area contributed by atoms with Crippen LogP contribution in [0.3, 0.4) is 0 Å². The van der Waals surface area contributed by atoms with Crippen molar-refractivity contribution < 1.29 is 0 Å². The van der Waals surface area contributed by atoms with E-state index in [1.54, 1.807) is 0 Å². The van der Waals surface area contributed by atoms with Gasteiger partial charge in [0.05, 0.1) is 6.04 Å². The summed E-state index contributed by atoms with van der Waals surface area (Å²) in [6.07, 6.45) is 1.15. The average Bonchev–Trinajstić information content (AvgIpc) is 2.86. The topological polar surface area (TPSA) is 15.3 Å². The number of benzene rings is 1. The van der Waals surface area contributed by atoms with Crippen LogP contribution in [0.2, 0.25) is 0 Å². The van der Waals surface area contributed by atoms with Gasteiger partial charge in [0.2, 0.25) is 0 Å². The predicted molar refractivity (Wildman–Crippen MR) is 90.0 cm³/mol. The van der Waals surface area contributed by atoms with Gasteiger partial charge in [0.15, 0.2) is 0 Å². The molecule has 0 radical (unpaired) electrons. The Kier molecular flexibility index (Phi) is 5.21. The summed E-state index contributed by atoms with van der Waals surface area (Å²) in [5, 5.41) is 5.86. The van der Waals surface area contributed by atoms with E-state index < -0.39 is 0 Å². The Labute approximate surface area is 126 Å². The van der Waals surface area contributed by atoms with Gasteiger partial charge in [-0.15, -0.1) is 11.3 Å². The molecule has 1 heterocycles. The number of hydrogen-bond acceptors (Lipinski definition) is 3. The summed E-state index contributed by atoms with van der Waals surface area (Å²) >= 11 is 1.82. The maximum atomic E-state index is 3.68. The van der Waals surface area contributed by atoms with Crippen LogP contribution in [0.4, 0.5) is 5.69 Å². The SMILES string of the molecule is CCCNC(c1cccc(N(C)C)c1)c1ccsc1C. The Hall–Kier alpha value is -1.32. The van der Waals surface area contributed by atoms with Crippen LogP contribution in [-0.4, -0.2) is 20.6 Å². The molecule has 20 heavy (non-hydrogen) atoms. The molecule has 2 rings (SSSR count). The number of anilines is 1. The van der Waals surface area contributed by atoms with E-state index in [4.69, 9.17) is 0 Å². The van der Waals surface area contributed by atoms with Gasteiger partial charge >= 0.3 is 0 Å². The van der Waals surface area contributed by atoms with Gasteiger partial charge in [-0.3, -0.25) is 0 Å². The van der Waals surface area contributed by atoms with Crippen molar-refractivity contribution in [2.75, 3.05) is 25.5 Å². The summed E-state index contributed by atoms with van der Waals surface area (Å²) in [5.74, 6) is 0. The van der Waals surface area contributed by atoms with Gasteiger partial charge < -0.3 is 10.2 Å². The van der Waals surface area contributed by atoms with E-state index in [2.05, 4.69) is 73.9 Å². The van der Waals surface area contributed by atoms with Crippen molar-refractivity contribution in [1.29, 1.82) is 0 Å². The normalized spacial score (nSPS) is 12.4. The van der Waals surface area contributed by atoms with Crippen molar-refractivity contribution in [3.63, 3.8) is 0 Å². The molecular weight excluding hydrogens is 264 g/mol. The van der Waals surface area contributed by atoms with E-state index >= 15 is 0 Å². The summed E-state index contributed by atoms with van der Waals surface area (Å²) in [7, 11) is 4.17. The van der Waals surface area contributed by atoms with Crippen LogP contribution in [0.15, 0.2) is 35.7 Å². The zero-order chi connectivity index (χ0) is 14.5. The fourth-order valence-electron chi connectivity index (χ4n) is 2.37. The highest BCUT2D eigenvalue weighted by atomic mass is 32.1. The number of thiophene rings is 1. The Morgan fingerprint density at radius 2 is 2.05 bits per heavy atom. The summed E-state index contributed by atoms with van der Waals surface area (Å²) in [4.78, 5) is 3.55. The van der Waals surface area contributed by atoms with Crippen molar-refractivity contribution in [2.24, 2.45) is 0 Å². The van der Waals surface area contributed by atoms with Crippen LogP contribution in [-0.2, 0) is 0 Å². The fraction of sp³-hybridized carbons (Fsp3) is 0.412. The van der Waals surface area contributed by atoms with E-state index in [-0.39, 0.29) is 0 Å². The maximum Gasteiger partial charge on any atom is 0.0588 e. The lowest BCUT2D eigenvalue weighted by atomic mass is 9.98. The molecule has 1 atom stereocenters. The van der Waals surface area contributed by atoms with E-state index in [0.717, 1.165) is 13.0 Å². The molecule has 2 nitrogen and oxygen atoms in total. The van der Waals surface area contributed by atoms with Crippen LogP contribution in [0, 0.1) is 6.92 Å². The van der Waals surface area contributed by atoms with E-state index in [0.29, 0.717) is 6.04 Å². The molecule has 0 spiro atoms. The van der Waals surface area contributed by atoms with Crippen molar-refractivity contribution in [3.8, 4) is 0 Å². The standard InChI is InChI=1S/C17H24N2S/c1-5-10-18-17(16-9-11-20-13(16)2)14-7-6-8-15(12-14)19(3)4/h6-9,11-12,17-18H,5,10H2,1-4H3. The molecule has 2 aromatic rings. The molecule has 0 bridgehead atoms. The fourth-order valence-corrected chi connectivity index (χ4v) is 3.11. The minimum Gasteiger partial charge on any atom is -0.378 e. The molecule has 0 aliphatic carbocycles. The van der Waals surface area contributed by atoms with Crippen LogP contribution in [0.5, 0.6) is 0 Å². The predicted octanol–water partition coefficient (Wildman–Crippen LogP) is 4.21. The third-order valence-electron chi connectivity index (χ3n) is 3.53. The number of hydrogen-bond donors (Lipinski definition) is 1. The molecule has 0 saturated heterocycles. The molecule has 0 saturated carbocycles. The highest BCUT2D eigenvalue weighted by molar-refractivity contribution is 7.10. The highest BCUT2D eigenvalue weighted by Gasteiger charge is 2.16. The zero-order valence-corrected chi connectivity index (χ0v) is 13.6. The monoisotopic (exact) mass is 288 g/mol. The molecular formula is C17H24N2S. The van der Waals surface area contributed by atoms with Crippen LogP contribution >= 0.6 is 11.3 Å². The lowest BCUT2D eigenvalue weighted by molar-refractivity contribution is 0.598. The van der Waals surface area contributed by atoms with E-state index in [9.17, 15) is 0 Å². The van der Waals surface area contributed by atoms with Gasteiger partial charge in [0.1, 0.15) is 0 Å². The van der Waals surface area contributed by atoms with Gasteiger partial charge in [-0.2, -0.15) is 0 Å². The Balaban J connectivity index is 2.36. The van der Waals surface area contributed by atoms with Crippen molar-refractivity contribution in [1.82, 2.24) is 5.32 Å². The summed E-state index contributed by atoms with van der Waals surface area (Å²) in [6, 6.07) is 11.3. The quantitative estimate of drug-likeness (QED) is 0.856. The van der Waals surface area contributed by atoms with Gasteiger partial charge in [0, 0.05) is 24.7 Å². The highest BCUT2D eigenvalue weighted by Crippen LogP contribution is 2.29. The number of nitrogens with one attached hydrogen (secondary N) is 1. The maximum absolute atomic E-state index is 3.68. The van der Waals surface area contributed by atoms with E-state index in [1.165, 1.54) is 21.7 Å². The largest absolute Gasteiger partial charge is 0.378 e. The molecule has 1 N–H and O–H groups in total. The smallest absolute Gasteiger partial charge is 0.0588 e. The zero-order valence-electron chi connectivity index (χ0n) is 12.8. The number of nitrogens with zero attached hydrogens (tertiary/aromatic N) is 1. The molecule has 1 aromatic carbocycles. The van der Waals surface area contributed by atoms with Gasteiger partial charge in [0.25, 0.3) is 0 Å². The van der Waals surface area contributed by atoms with Gasteiger partial charge in [-0.1, -0.05) is 19.1 Å². The van der Waals surface area contributed by atoms with Crippen LogP contribution in [0.25, 0.3) is 0 Å². The van der Waals surface area contributed by atoms with Crippen molar-refractivity contribution >= 4 is 17.0 Å². The van der Waals surface area contributed by atoms with Gasteiger partial charge in [-0.05, 0) is 54.6 Å². The molecule has 1 aromatic heterocycles. The molecule has 0 fully saturated rings. The minimum absolute atomic E-state index is 0.293. The first-order valence-corrected chi connectivity index (χ1v) is 8.06. The third kappa shape index (κ3) is 3.41. The second-order valence-electron chi connectivity index (χ2n) is 5.31. The first-order valence-electron chi connectivity index (χ1n) is 7.18. The molecule has 3 heteroatoms. The summed E-state index contributed by atoms with van der Waals surface area (Å²) in [6.45, 7) is 5.45. The second kappa shape index (κ2) is 6.91. The molecule has 0 aliphatic heterocycles. The number of aryl methyl sites for hydroxylation is 1. The summed E-state index contributed by atoms with van der Waals surface area (Å²) in [5.41, 5.74) is 3.99. The first kappa shape index (κ1) is 15.1. The Bertz CT molecular complexity index is 545. The van der Waals surface area contributed by atoms with Gasteiger partial charge in [-0.25, -0.2) is 0 Å². The van der Waals surface area contributed by atoms with Crippen LogP contribution < -0.4 is 10.2 Å². The molecule has 108 valence electrons. The van der Waals surface area contributed by atoms with Crippen molar-refractivity contribution in [2.45, 2.75) is 26.3 Å². The molecule has 0 aliphatic rings. The van der Waals surface area contributed by atoms with Crippen molar-refractivity contribution in [3.05, 3.63) is 51.7 Å². The number of rotatable bonds is 6. The minimum atomic E-state index is 0.293. The van der Waals surface area contributed by atoms with Crippen LogP contribution in [0.1, 0.15) is 35.4 Å². The summed E-state index contributed by atoms with van der Waals surface area (Å²) < 4.78 is 0. The first-order chi connectivity index (χ1) is 9.63. The lowest BCUT2D eigenvalue weighted by Gasteiger charge is -2.21. The third-order valence-corrected chi connectivity index (χ3v) is 4.39. The Morgan fingerprint density at radius 1 is 1.25 bits per heavy atom. The lowest BCUT2D eigenvalue weighted by Crippen LogP contribution is -2.23. The second-order valence-corrected chi connectivity index (χ2v) is 6.43. The Morgan fingerprint density at radius 3 is 2.65 bits per heavy atom.